The van der Waals surface area contributed by atoms with Crippen LogP contribution in [0.5, 0.6) is 0 Å². The van der Waals surface area contributed by atoms with Crippen LogP contribution in [-0.4, -0.2) is 15.0 Å². The van der Waals surface area contributed by atoms with Crippen LogP contribution in [0.4, 0.5) is 5.69 Å². The Hall–Kier alpha value is -2.15. The van der Waals surface area contributed by atoms with Crippen LogP contribution in [0.15, 0.2) is 88.2 Å². The second-order valence-electron chi connectivity index (χ2n) is 6.25. The fourth-order valence-electron chi connectivity index (χ4n) is 2.70. The van der Waals surface area contributed by atoms with Gasteiger partial charge in [0.05, 0.1) is 10.9 Å². The fraction of sp³-hybridized carbons (Fsp3) is 0.143. The van der Waals surface area contributed by atoms with Crippen molar-refractivity contribution in [1.29, 1.82) is 0 Å². The first-order valence-corrected chi connectivity index (χ1v) is 10.9. The molecule has 0 radical (unpaired) electrons. The molecular weight excluding hydrogens is 424 g/mol. The molecule has 0 fully saturated rings. The number of benzene rings is 3. The average Bonchev–Trinajstić information content (AvgIpc) is 2.67. The molecule has 3 aromatic carbocycles. The maximum Gasteiger partial charge on any atom is 0.240 e. The minimum atomic E-state index is -3.58. The lowest BCUT2D eigenvalue weighted by atomic mass is 10.1. The third-order valence-corrected chi connectivity index (χ3v) is 6.35. The van der Waals surface area contributed by atoms with E-state index >= 15 is 0 Å². The average molecular weight is 445 g/mol. The Balaban J connectivity index is 1.81. The molecule has 27 heavy (non-hydrogen) atoms. The number of hydrogen-bond acceptors (Lipinski definition) is 3. The molecule has 0 aliphatic carbocycles. The molecule has 0 aliphatic rings. The Labute approximate surface area is 168 Å². The van der Waals surface area contributed by atoms with Crippen LogP contribution in [0.2, 0.25) is 0 Å². The minimum absolute atomic E-state index is 0.217. The first kappa shape index (κ1) is 19.6. The second kappa shape index (κ2) is 8.69. The van der Waals surface area contributed by atoms with Gasteiger partial charge in [0.2, 0.25) is 10.0 Å². The van der Waals surface area contributed by atoms with Crippen molar-refractivity contribution in [1.82, 2.24) is 4.72 Å². The van der Waals surface area contributed by atoms with Crippen molar-refractivity contribution in [2.24, 2.45) is 0 Å². The highest BCUT2D eigenvalue weighted by molar-refractivity contribution is 9.10. The number of anilines is 1. The van der Waals surface area contributed by atoms with Gasteiger partial charge in [0.15, 0.2) is 0 Å². The summed E-state index contributed by atoms with van der Waals surface area (Å²) in [5.74, 6) is 0. The number of aryl methyl sites for hydroxylation is 1. The van der Waals surface area contributed by atoms with Crippen molar-refractivity contribution in [2.45, 2.75) is 17.9 Å². The number of nitrogens with one attached hydrogen (secondary N) is 2. The SMILES string of the molecule is Cc1ccc(S(=O)(=O)NC[C@@H](Nc2ccccc2Br)c2ccccc2)cc1. The molecule has 4 nitrogen and oxygen atoms in total. The lowest BCUT2D eigenvalue weighted by Gasteiger charge is -2.22. The first-order valence-electron chi connectivity index (χ1n) is 8.58. The molecule has 0 amide bonds. The second-order valence-corrected chi connectivity index (χ2v) is 8.87. The van der Waals surface area contributed by atoms with E-state index in [9.17, 15) is 8.42 Å². The molecule has 6 heteroatoms. The molecule has 0 spiro atoms. The third-order valence-electron chi connectivity index (χ3n) is 4.21. The Morgan fingerprint density at radius 2 is 1.52 bits per heavy atom. The number of para-hydroxylation sites is 1. The normalized spacial score (nSPS) is 12.5. The van der Waals surface area contributed by atoms with E-state index in [0.29, 0.717) is 0 Å². The Morgan fingerprint density at radius 3 is 2.19 bits per heavy atom. The molecule has 1 atom stereocenters. The maximum atomic E-state index is 12.7. The molecule has 0 aliphatic heterocycles. The van der Waals surface area contributed by atoms with Crippen molar-refractivity contribution in [3.05, 3.63) is 94.5 Å². The van der Waals surface area contributed by atoms with Gasteiger partial charge in [-0.3, -0.25) is 0 Å². The van der Waals surface area contributed by atoms with Crippen LogP contribution >= 0.6 is 15.9 Å². The van der Waals surface area contributed by atoms with Crippen molar-refractivity contribution < 1.29 is 8.42 Å². The van der Waals surface area contributed by atoms with Crippen molar-refractivity contribution in [3.8, 4) is 0 Å². The molecule has 140 valence electrons. The molecule has 0 unspecified atom stereocenters. The Morgan fingerprint density at radius 1 is 0.889 bits per heavy atom. The van der Waals surface area contributed by atoms with Gasteiger partial charge in [-0.05, 0) is 52.7 Å². The zero-order valence-corrected chi connectivity index (χ0v) is 17.3. The van der Waals surface area contributed by atoms with E-state index in [1.165, 1.54) is 0 Å². The highest BCUT2D eigenvalue weighted by Gasteiger charge is 2.18. The topological polar surface area (TPSA) is 58.2 Å². The predicted octanol–water partition coefficient (Wildman–Crippen LogP) is 4.89. The molecule has 0 bridgehead atoms. The first-order chi connectivity index (χ1) is 13.0. The van der Waals surface area contributed by atoms with Crippen LogP contribution in [0.25, 0.3) is 0 Å². The number of hydrogen-bond donors (Lipinski definition) is 2. The van der Waals surface area contributed by atoms with Gasteiger partial charge >= 0.3 is 0 Å². The summed E-state index contributed by atoms with van der Waals surface area (Å²) in [6.45, 7) is 2.15. The maximum absolute atomic E-state index is 12.7. The van der Waals surface area contributed by atoms with Gasteiger partial charge in [-0.25, -0.2) is 13.1 Å². The van der Waals surface area contributed by atoms with Gasteiger partial charge in [-0.15, -0.1) is 0 Å². The molecule has 2 N–H and O–H groups in total. The smallest absolute Gasteiger partial charge is 0.240 e. The van der Waals surface area contributed by atoms with Gasteiger partial charge in [-0.1, -0.05) is 60.2 Å². The lowest BCUT2D eigenvalue weighted by molar-refractivity contribution is 0.576. The molecule has 3 rings (SSSR count). The van der Waals surface area contributed by atoms with Gasteiger partial charge in [-0.2, -0.15) is 0 Å². The third kappa shape index (κ3) is 5.19. The Kier molecular flexibility index (Phi) is 6.31. The minimum Gasteiger partial charge on any atom is -0.376 e. The van der Waals surface area contributed by atoms with Gasteiger partial charge < -0.3 is 5.32 Å². The van der Waals surface area contributed by atoms with Crippen LogP contribution in [0.1, 0.15) is 17.2 Å². The van der Waals surface area contributed by atoms with E-state index in [4.69, 9.17) is 0 Å². The summed E-state index contributed by atoms with van der Waals surface area (Å²) in [4.78, 5) is 0.265. The standard InChI is InChI=1S/C21H21BrN2O2S/c1-16-11-13-18(14-12-16)27(25,26)23-15-21(17-7-3-2-4-8-17)24-20-10-6-5-9-19(20)22/h2-14,21,23-24H,15H2,1H3/t21-/m1/s1. The largest absolute Gasteiger partial charge is 0.376 e. The number of halogens is 1. The van der Waals surface area contributed by atoms with Crippen molar-refractivity contribution in [2.75, 3.05) is 11.9 Å². The Bertz CT molecular complexity index is 990. The zero-order chi connectivity index (χ0) is 19.3. The van der Waals surface area contributed by atoms with E-state index in [2.05, 4.69) is 26.0 Å². The van der Waals surface area contributed by atoms with E-state index in [1.807, 2.05) is 61.5 Å². The molecule has 0 saturated carbocycles. The number of rotatable bonds is 7. The molecule has 0 saturated heterocycles. The van der Waals surface area contributed by atoms with Crippen molar-refractivity contribution in [3.63, 3.8) is 0 Å². The van der Waals surface area contributed by atoms with Crippen LogP contribution in [-0.2, 0) is 10.0 Å². The summed E-state index contributed by atoms with van der Waals surface area (Å²) in [5, 5.41) is 3.42. The molecular formula is C21H21BrN2O2S. The summed E-state index contributed by atoms with van der Waals surface area (Å²) in [6.07, 6.45) is 0. The lowest BCUT2D eigenvalue weighted by Crippen LogP contribution is -2.31. The van der Waals surface area contributed by atoms with E-state index in [0.717, 1.165) is 21.3 Å². The highest BCUT2D eigenvalue weighted by Crippen LogP contribution is 2.26. The number of sulfonamides is 1. The summed E-state index contributed by atoms with van der Waals surface area (Å²) >= 11 is 3.53. The van der Waals surface area contributed by atoms with Gasteiger partial charge in [0, 0.05) is 16.7 Å². The molecule has 0 heterocycles. The van der Waals surface area contributed by atoms with E-state index < -0.39 is 10.0 Å². The fourth-order valence-corrected chi connectivity index (χ4v) is 4.14. The van der Waals surface area contributed by atoms with Crippen LogP contribution < -0.4 is 10.0 Å². The molecule has 3 aromatic rings. The summed E-state index contributed by atoms with van der Waals surface area (Å²) in [5.41, 5.74) is 2.92. The van der Waals surface area contributed by atoms with Crippen LogP contribution in [0.3, 0.4) is 0 Å². The monoisotopic (exact) mass is 444 g/mol. The summed E-state index contributed by atoms with van der Waals surface area (Å²) in [7, 11) is -3.58. The van der Waals surface area contributed by atoms with Gasteiger partial charge in [0.25, 0.3) is 0 Å². The summed E-state index contributed by atoms with van der Waals surface area (Å²) < 4.78 is 29.0. The van der Waals surface area contributed by atoms with E-state index in [1.54, 1.807) is 24.3 Å². The quantitative estimate of drug-likeness (QED) is 0.545. The van der Waals surface area contributed by atoms with Crippen LogP contribution in [0, 0.1) is 6.92 Å². The van der Waals surface area contributed by atoms with Crippen molar-refractivity contribution >= 4 is 31.6 Å². The summed E-state index contributed by atoms with van der Waals surface area (Å²) in [6, 6.07) is 24.2. The highest BCUT2D eigenvalue weighted by atomic mass is 79.9. The zero-order valence-electron chi connectivity index (χ0n) is 14.9. The van der Waals surface area contributed by atoms with Gasteiger partial charge in [0.1, 0.15) is 0 Å². The molecule has 0 aromatic heterocycles. The van der Waals surface area contributed by atoms with E-state index in [-0.39, 0.29) is 17.5 Å². The predicted molar refractivity (Wildman–Crippen MR) is 113 cm³/mol.